The summed E-state index contributed by atoms with van der Waals surface area (Å²) in [7, 11) is 2.01. The van der Waals surface area contributed by atoms with Gasteiger partial charge in [0.15, 0.2) is 5.16 Å². The zero-order valence-corrected chi connectivity index (χ0v) is 10.7. The van der Waals surface area contributed by atoms with Crippen LogP contribution in [-0.2, 0) is 7.05 Å². The number of imidazole rings is 1. The molecule has 0 amide bonds. The predicted octanol–water partition coefficient (Wildman–Crippen LogP) is 2.25. The summed E-state index contributed by atoms with van der Waals surface area (Å²) in [4.78, 5) is 4.30. The third-order valence-electron chi connectivity index (χ3n) is 2.75. The molecule has 0 radical (unpaired) electrons. The number of hydrogen-bond donors (Lipinski definition) is 1. The molecule has 2 aromatic rings. The molecule has 1 heterocycles. The van der Waals surface area contributed by atoms with Gasteiger partial charge in [-0.15, -0.1) is 0 Å². The fourth-order valence-electron chi connectivity index (χ4n) is 1.69. The molecule has 2 N–H and O–H groups in total. The van der Waals surface area contributed by atoms with E-state index in [0.717, 1.165) is 10.9 Å². The van der Waals surface area contributed by atoms with E-state index in [1.54, 1.807) is 11.8 Å². The van der Waals surface area contributed by atoms with Crippen molar-refractivity contribution < 1.29 is 0 Å². The zero-order valence-electron chi connectivity index (χ0n) is 9.91. The maximum absolute atomic E-state index is 5.84. The van der Waals surface area contributed by atoms with Gasteiger partial charge >= 0.3 is 0 Å². The van der Waals surface area contributed by atoms with Crippen molar-refractivity contribution in [3.05, 3.63) is 48.3 Å². The van der Waals surface area contributed by atoms with Crippen LogP contribution in [0.2, 0.25) is 0 Å². The quantitative estimate of drug-likeness (QED) is 0.824. The SMILES string of the molecule is Cn1ccnc1SCC(CN)c1ccccc1. The summed E-state index contributed by atoms with van der Waals surface area (Å²) in [5, 5.41) is 1.04. The van der Waals surface area contributed by atoms with Crippen LogP contribution in [-0.4, -0.2) is 21.8 Å². The van der Waals surface area contributed by atoms with Crippen LogP contribution >= 0.6 is 11.8 Å². The Kier molecular flexibility index (Phi) is 4.23. The average molecular weight is 247 g/mol. The van der Waals surface area contributed by atoms with Gasteiger partial charge in [-0.25, -0.2) is 4.98 Å². The topological polar surface area (TPSA) is 43.8 Å². The number of rotatable bonds is 5. The van der Waals surface area contributed by atoms with E-state index in [-0.39, 0.29) is 0 Å². The van der Waals surface area contributed by atoms with Crippen LogP contribution in [0, 0.1) is 0 Å². The van der Waals surface area contributed by atoms with Gasteiger partial charge in [-0.05, 0) is 12.1 Å². The minimum Gasteiger partial charge on any atom is -0.330 e. The summed E-state index contributed by atoms with van der Waals surface area (Å²) >= 11 is 1.75. The van der Waals surface area contributed by atoms with E-state index < -0.39 is 0 Å². The monoisotopic (exact) mass is 247 g/mol. The van der Waals surface area contributed by atoms with Gasteiger partial charge in [0.1, 0.15) is 0 Å². The molecule has 0 saturated heterocycles. The summed E-state index contributed by atoms with van der Waals surface area (Å²) in [6, 6.07) is 10.4. The van der Waals surface area contributed by atoms with E-state index in [4.69, 9.17) is 5.73 Å². The fourth-order valence-corrected chi connectivity index (χ4v) is 2.77. The minimum absolute atomic E-state index is 0.387. The highest BCUT2D eigenvalue weighted by molar-refractivity contribution is 7.99. The van der Waals surface area contributed by atoms with E-state index in [2.05, 4.69) is 29.2 Å². The fraction of sp³-hybridized carbons (Fsp3) is 0.308. The smallest absolute Gasteiger partial charge is 0.167 e. The summed E-state index contributed by atoms with van der Waals surface area (Å²) in [6.07, 6.45) is 3.78. The van der Waals surface area contributed by atoms with E-state index in [0.29, 0.717) is 12.5 Å². The summed E-state index contributed by atoms with van der Waals surface area (Å²) in [5.41, 5.74) is 7.14. The summed E-state index contributed by atoms with van der Waals surface area (Å²) in [6.45, 7) is 0.668. The predicted molar refractivity (Wildman–Crippen MR) is 72.2 cm³/mol. The second-order valence-corrected chi connectivity index (χ2v) is 4.96. The van der Waals surface area contributed by atoms with Crippen molar-refractivity contribution in [1.82, 2.24) is 9.55 Å². The maximum atomic E-state index is 5.84. The Labute approximate surface area is 106 Å². The largest absolute Gasteiger partial charge is 0.330 e. The lowest BCUT2D eigenvalue weighted by molar-refractivity contribution is 0.765. The summed E-state index contributed by atoms with van der Waals surface area (Å²) in [5.74, 6) is 1.35. The van der Waals surface area contributed by atoms with Gasteiger partial charge in [0.2, 0.25) is 0 Å². The molecule has 0 aliphatic heterocycles. The first-order chi connectivity index (χ1) is 8.31. The Morgan fingerprint density at radius 3 is 2.71 bits per heavy atom. The number of aryl methyl sites for hydroxylation is 1. The molecule has 1 atom stereocenters. The molecule has 17 heavy (non-hydrogen) atoms. The van der Waals surface area contributed by atoms with Gasteiger partial charge in [-0.2, -0.15) is 0 Å². The van der Waals surface area contributed by atoms with Gasteiger partial charge in [0.05, 0.1) is 0 Å². The number of aromatic nitrogens is 2. The molecular weight excluding hydrogens is 230 g/mol. The van der Waals surface area contributed by atoms with Crippen molar-refractivity contribution in [1.29, 1.82) is 0 Å². The Morgan fingerprint density at radius 1 is 1.35 bits per heavy atom. The Morgan fingerprint density at radius 2 is 2.12 bits per heavy atom. The first-order valence-electron chi connectivity index (χ1n) is 5.66. The highest BCUT2D eigenvalue weighted by atomic mass is 32.2. The van der Waals surface area contributed by atoms with E-state index >= 15 is 0 Å². The van der Waals surface area contributed by atoms with Crippen molar-refractivity contribution in [3.63, 3.8) is 0 Å². The molecule has 0 bridgehead atoms. The van der Waals surface area contributed by atoms with Crippen LogP contribution in [0.25, 0.3) is 0 Å². The molecule has 0 saturated carbocycles. The van der Waals surface area contributed by atoms with Crippen molar-refractivity contribution in [2.24, 2.45) is 12.8 Å². The lowest BCUT2D eigenvalue weighted by Crippen LogP contribution is -2.15. The summed E-state index contributed by atoms with van der Waals surface area (Å²) < 4.78 is 2.03. The normalized spacial score (nSPS) is 12.6. The number of thioether (sulfide) groups is 1. The Hall–Kier alpha value is -1.26. The lowest BCUT2D eigenvalue weighted by atomic mass is 10.0. The van der Waals surface area contributed by atoms with Crippen LogP contribution in [0.5, 0.6) is 0 Å². The van der Waals surface area contributed by atoms with Crippen LogP contribution in [0.15, 0.2) is 47.9 Å². The zero-order chi connectivity index (χ0) is 12.1. The third kappa shape index (κ3) is 3.11. The molecule has 1 aromatic heterocycles. The second-order valence-electron chi connectivity index (χ2n) is 3.98. The number of nitrogens with zero attached hydrogens (tertiary/aromatic N) is 2. The van der Waals surface area contributed by atoms with Crippen molar-refractivity contribution in [2.75, 3.05) is 12.3 Å². The van der Waals surface area contributed by atoms with E-state index in [9.17, 15) is 0 Å². The number of benzene rings is 1. The molecule has 0 aliphatic carbocycles. The van der Waals surface area contributed by atoms with E-state index in [1.807, 2.05) is 30.1 Å². The molecule has 3 nitrogen and oxygen atoms in total. The van der Waals surface area contributed by atoms with Gasteiger partial charge in [0.25, 0.3) is 0 Å². The number of nitrogens with two attached hydrogens (primary N) is 1. The third-order valence-corrected chi connectivity index (χ3v) is 3.97. The van der Waals surface area contributed by atoms with Gasteiger partial charge in [-0.1, -0.05) is 42.1 Å². The molecule has 4 heteroatoms. The highest BCUT2D eigenvalue weighted by Crippen LogP contribution is 2.24. The Bertz CT molecular complexity index is 453. The molecular formula is C13H17N3S. The molecule has 0 fully saturated rings. The van der Waals surface area contributed by atoms with Crippen LogP contribution in [0.1, 0.15) is 11.5 Å². The average Bonchev–Trinajstić information content (AvgIpc) is 2.77. The highest BCUT2D eigenvalue weighted by Gasteiger charge is 2.11. The lowest BCUT2D eigenvalue weighted by Gasteiger charge is -2.14. The minimum atomic E-state index is 0.387. The molecule has 0 aliphatic rings. The Balaban J connectivity index is 1.99. The molecule has 90 valence electrons. The molecule has 1 unspecified atom stereocenters. The van der Waals surface area contributed by atoms with Gasteiger partial charge in [-0.3, -0.25) is 0 Å². The van der Waals surface area contributed by atoms with Crippen LogP contribution in [0.4, 0.5) is 0 Å². The van der Waals surface area contributed by atoms with Crippen LogP contribution < -0.4 is 5.73 Å². The van der Waals surface area contributed by atoms with Crippen molar-refractivity contribution in [2.45, 2.75) is 11.1 Å². The molecule has 2 rings (SSSR count). The first-order valence-corrected chi connectivity index (χ1v) is 6.65. The van der Waals surface area contributed by atoms with Gasteiger partial charge < -0.3 is 10.3 Å². The first kappa shape index (κ1) is 12.2. The van der Waals surface area contributed by atoms with Crippen LogP contribution in [0.3, 0.4) is 0 Å². The number of hydrogen-bond acceptors (Lipinski definition) is 3. The van der Waals surface area contributed by atoms with Crippen molar-refractivity contribution in [3.8, 4) is 0 Å². The van der Waals surface area contributed by atoms with Crippen molar-refractivity contribution >= 4 is 11.8 Å². The maximum Gasteiger partial charge on any atom is 0.167 e. The standard InChI is InChI=1S/C13H17N3S/c1-16-8-7-15-13(16)17-10-12(9-14)11-5-3-2-4-6-11/h2-8,12H,9-10,14H2,1H3. The molecule has 0 spiro atoms. The second kappa shape index (κ2) is 5.89. The van der Waals surface area contributed by atoms with Gasteiger partial charge in [0, 0.05) is 31.1 Å². The molecule has 1 aromatic carbocycles. The van der Waals surface area contributed by atoms with E-state index in [1.165, 1.54) is 5.56 Å².